The van der Waals surface area contributed by atoms with E-state index in [2.05, 4.69) is 6.92 Å². The highest BCUT2D eigenvalue weighted by atomic mass is 16.5. The first-order chi connectivity index (χ1) is 14.6. The van der Waals surface area contributed by atoms with Crippen molar-refractivity contribution in [2.75, 3.05) is 13.7 Å². The van der Waals surface area contributed by atoms with Crippen LogP contribution in [-0.2, 0) is 17.8 Å². The molecule has 154 valence electrons. The average molecular weight is 404 g/mol. The zero-order valence-electron chi connectivity index (χ0n) is 17.1. The van der Waals surface area contributed by atoms with Crippen molar-refractivity contribution < 1.29 is 23.8 Å². The molecule has 0 N–H and O–H groups in total. The highest BCUT2D eigenvalue weighted by molar-refractivity contribution is 5.99. The Kier molecular flexibility index (Phi) is 7.22. The summed E-state index contributed by atoms with van der Waals surface area (Å²) in [6.07, 6.45) is 0.906. The molecule has 0 bridgehead atoms. The number of esters is 1. The number of rotatable bonds is 9. The highest BCUT2D eigenvalue weighted by Crippen LogP contribution is 2.26. The minimum Gasteiger partial charge on any atom is -0.493 e. The molecular formula is C25H24O5. The van der Waals surface area contributed by atoms with Gasteiger partial charge in [-0.25, -0.2) is 4.79 Å². The molecule has 0 aliphatic rings. The molecule has 0 aromatic heterocycles. The van der Waals surface area contributed by atoms with Crippen LogP contribution < -0.4 is 9.47 Å². The van der Waals surface area contributed by atoms with Gasteiger partial charge >= 0.3 is 5.97 Å². The lowest BCUT2D eigenvalue weighted by Gasteiger charge is -2.10. The highest BCUT2D eigenvalue weighted by Gasteiger charge is 2.12. The maximum atomic E-state index is 12.2. The van der Waals surface area contributed by atoms with Gasteiger partial charge in [-0.1, -0.05) is 55.5 Å². The maximum absolute atomic E-state index is 12.2. The first-order valence-corrected chi connectivity index (χ1v) is 9.74. The van der Waals surface area contributed by atoms with Crippen LogP contribution in [0.4, 0.5) is 0 Å². The Balaban J connectivity index is 1.52. The third kappa shape index (κ3) is 5.47. The van der Waals surface area contributed by atoms with Crippen molar-refractivity contribution in [1.82, 2.24) is 0 Å². The Morgan fingerprint density at radius 1 is 0.767 bits per heavy atom. The van der Waals surface area contributed by atoms with E-state index in [1.807, 2.05) is 36.4 Å². The van der Waals surface area contributed by atoms with Crippen molar-refractivity contribution in [3.05, 3.63) is 95.1 Å². The normalized spacial score (nSPS) is 10.3. The molecule has 5 nitrogen and oxygen atoms in total. The summed E-state index contributed by atoms with van der Waals surface area (Å²) >= 11 is 0. The second kappa shape index (κ2) is 10.3. The van der Waals surface area contributed by atoms with Gasteiger partial charge in [0, 0.05) is 5.56 Å². The summed E-state index contributed by atoms with van der Waals surface area (Å²) in [6.45, 7) is 2.10. The van der Waals surface area contributed by atoms with Crippen molar-refractivity contribution in [3.63, 3.8) is 0 Å². The van der Waals surface area contributed by atoms with Crippen LogP contribution >= 0.6 is 0 Å². The summed E-state index contributed by atoms with van der Waals surface area (Å²) in [7, 11) is 1.59. The molecule has 5 heteroatoms. The number of ether oxygens (including phenoxy) is 3. The molecule has 3 rings (SSSR count). The second-order valence-electron chi connectivity index (χ2n) is 6.69. The van der Waals surface area contributed by atoms with Crippen molar-refractivity contribution in [2.24, 2.45) is 0 Å². The number of methoxy groups -OCH3 is 1. The number of Topliss-reactive ketones (excluding diaryl/α,β-unsaturated/α-hetero) is 1. The van der Waals surface area contributed by atoms with Gasteiger partial charge in [-0.15, -0.1) is 0 Å². The molecular weight excluding hydrogens is 380 g/mol. The summed E-state index contributed by atoms with van der Waals surface area (Å²) in [5, 5.41) is 0. The topological polar surface area (TPSA) is 61.8 Å². The van der Waals surface area contributed by atoms with Gasteiger partial charge in [-0.05, 0) is 41.8 Å². The molecule has 0 saturated carbocycles. The Labute approximate surface area is 176 Å². The van der Waals surface area contributed by atoms with Gasteiger partial charge in [0.15, 0.2) is 23.9 Å². The Morgan fingerprint density at radius 2 is 1.37 bits per heavy atom. The monoisotopic (exact) mass is 404 g/mol. The number of hydrogen-bond acceptors (Lipinski definition) is 5. The van der Waals surface area contributed by atoms with Gasteiger partial charge in [-0.3, -0.25) is 4.79 Å². The molecule has 0 spiro atoms. The fraction of sp³-hybridized carbons (Fsp3) is 0.200. The minimum atomic E-state index is -0.536. The van der Waals surface area contributed by atoms with Crippen LogP contribution in [0.2, 0.25) is 0 Å². The van der Waals surface area contributed by atoms with E-state index in [0.29, 0.717) is 29.2 Å². The third-order valence-corrected chi connectivity index (χ3v) is 4.67. The molecule has 0 aliphatic carbocycles. The summed E-state index contributed by atoms with van der Waals surface area (Å²) in [6, 6.07) is 21.6. The first kappa shape index (κ1) is 21.1. The second-order valence-corrected chi connectivity index (χ2v) is 6.69. The predicted octanol–water partition coefficient (Wildman–Crippen LogP) is 4.88. The quantitative estimate of drug-likeness (QED) is 0.376. The lowest BCUT2D eigenvalue weighted by atomic mass is 10.1. The SMILES string of the molecule is CCc1ccc(C(=O)COC(=O)c2ccc(COc3ccccc3OC)cc2)cc1. The summed E-state index contributed by atoms with van der Waals surface area (Å²) in [4.78, 5) is 24.4. The number of carbonyl (C=O) groups is 2. The van der Waals surface area contributed by atoms with Crippen LogP contribution in [0, 0.1) is 0 Å². The molecule has 30 heavy (non-hydrogen) atoms. The van der Waals surface area contributed by atoms with E-state index in [9.17, 15) is 9.59 Å². The van der Waals surface area contributed by atoms with Crippen LogP contribution in [0.5, 0.6) is 11.5 Å². The Morgan fingerprint density at radius 3 is 2.00 bits per heavy atom. The largest absolute Gasteiger partial charge is 0.493 e. The lowest BCUT2D eigenvalue weighted by molar-refractivity contribution is 0.0474. The Hall–Kier alpha value is -3.60. The van der Waals surface area contributed by atoms with Crippen LogP contribution in [0.15, 0.2) is 72.8 Å². The van der Waals surface area contributed by atoms with E-state index in [-0.39, 0.29) is 12.4 Å². The van der Waals surface area contributed by atoms with Crippen LogP contribution in [0.25, 0.3) is 0 Å². The smallest absolute Gasteiger partial charge is 0.338 e. The molecule has 0 aliphatic heterocycles. The zero-order valence-corrected chi connectivity index (χ0v) is 17.1. The van der Waals surface area contributed by atoms with Gasteiger partial charge in [0.1, 0.15) is 6.61 Å². The number of benzene rings is 3. The third-order valence-electron chi connectivity index (χ3n) is 4.67. The number of ketones is 1. The standard InChI is InChI=1S/C25H24O5/c1-3-18-8-12-20(13-9-18)22(26)17-30-25(27)21-14-10-19(11-15-21)16-29-24-7-5-4-6-23(24)28-2/h4-15H,3,16-17H2,1-2H3. The van der Waals surface area contributed by atoms with E-state index < -0.39 is 5.97 Å². The molecule has 0 fully saturated rings. The van der Waals surface area contributed by atoms with Gasteiger partial charge in [-0.2, -0.15) is 0 Å². The number of aryl methyl sites for hydroxylation is 1. The molecule has 0 radical (unpaired) electrons. The number of para-hydroxylation sites is 2. The predicted molar refractivity (Wildman–Crippen MR) is 114 cm³/mol. The van der Waals surface area contributed by atoms with Crippen molar-refractivity contribution in [1.29, 1.82) is 0 Å². The molecule has 0 heterocycles. The van der Waals surface area contributed by atoms with E-state index in [0.717, 1.165) is 17.5 Å². The molecule has 0 atom stereocenters. The van der Waals surface area contributed by atoms with E-state index in [4.69, 9.17) is 14.2 Å². The van der Waals surface area contributed by atoms with Gasteiger partial charge in [0.2, 0.25) is 0 Å². The molecule has 3 aromatic carbocycles. The first-order valence-electron chi connectivity index (χ1n) is 9.74. The summed E-state index contributed by atoms with van der Waals surface area (Å²) in [5.41, 5.74) is 2.96. The fourth-order valence-corrected chi connectivity index (χ4v) is 2.86. The van der Waals surface area contributed by atoms with Crippen molar-refractivity contribution in [3.8, 4) is 11.5 Å². The molecule has 0 saturated heterocycles. The lowest BCUT2D eigenvalue weighted by Crippen LogP contribution is -2.14. The van der Waals surface area contributed by atoms with Crippen molar-refractivity contribution in [2.45, 2.75) is 20.0 Å². The average Bonchev–Trinajstić information content (AvgIpc) is 2.81. The van der Waals surface area contributed by atoms with Crippen LogP contribution in [0.1, 0.15) is 38.8 Å². The molecule has 0 unspecified atom stereocenters. The van der Waals surface area contributed by atoms with E-state index in [1.54, 1.807) is 43.5 Å². The van der Waals surface area contributed by atoms with E-state index >= 15 is 0 Å². The van der Waals surface area contributed by atoms with Gasteiger partial charge < -0.3 is 14.2 Å². The fourth-order valence-electron chi connectivity index (χ4n) is 2.86. The zero-order chi connectivity index (χ0) is 21.3. The molecule has 3 aromatic rings. The Bertz CT molecular complexity index is 991. The summed E-state index contributed by atoms with van der Waals surface area (Å²) in [5.74, 6) is 0.541. The van der Waals surface area contributed by atoms with Crippen molar-refractivity contribution >= 4 is 11.8 Å². The maximum Gasteiger partial charge on any atom is 0.338 e. The summed E-state index contributed by atoms with van der Waals surface area (Å²) < 4.78 is 16.2. The van der Waals surface area contributed by atoms with Crippen LogP contribution in [0.3, 0.4) is 0 Å². The number of hydrogen-bond donors (Lipinski definition) is 0. The molecule has 0 amide bonds. The minimum absolute atomic E-state index is 0.229. The van der Waals surface area contributed by atoms with Gasteiger partial charge in [0.05, 0.1) is 12.7 Å². The number of carbonyl (C=O) groups excluding carboxylic acids is 2. The van der Waals surface area contributed by atoms with E-state index in [1.165, 1.54) is 0 Å². The van der Waals surface area contributed by atoms with Crippen LogP contribution in [-0.4, -0.2) is 25.5 Å². The van der Waals surface area contributed by atoms with Gasteiger partial charge in [0.25, 0.3) is 0 Å².